The van der Waals surface area contributed by atoms with Crippen LogP contribution in [0, 0.1) is 0 Å². The summed E-state index contributed by atoms with van der Waals surface area (Å²) in [5, 5.41) is 0. The summed E-state index contributed by atoms with van der Waals surface area (Å²) in [7, 11) is 0. The molecule has 0 aromatic carbocycles. The molecular weight excluding hydrogens is 168 g/mol. The van der Waals surface area contributed by atoms with Crippen LogP contribution in [0.25, 0.3) is 0 Å². The van der Waals surface area contributed by atoms with Crippen LogP contribution in [0.15, 0.2) is 0 Å². The van der Waals surface area contributed by atoms with Crippen LogP contribution in [-0.2, 0) is 14.3 Å². The van der Waals surface area contributed by atoms with Gasteiger partial charge in [-0.05, 0) is 34.1 Å². The molecule has 0 aliphatic carbocycles. The number of carbonyl (C=O) groups is 1. The molecule has 0 aromatic heterocycles. The Morgan fingerprint density at radius 3 is 2.00 bits per heavy atom. The fourth-order valence-corrected chi connectivity index (χ4v) is 0.955. The van der Waals surface area contributed by atoms with E-state index in [4.69, 9.17) is 9.47 Å². The quantitative estimate of drug-likeness (QED) is 0.620. The minimum Gasteiger partial charge on any atom is -0.461 e. The van der Waals surface area contributed by atoms with Crippen molar-refractivity contribution < 1.29 is 14.3 Å². The van der Waals surface area contributed by atoms with Crippen molar-refractivity contribution in [1.82, 2.24) is 0 Å². The highest BCUT2D eigenvalue weighted by molar-refractivity contribution is 5.74. The van der Waals surface area contributed by atoms with Gasteiger partial charge in [-0.2, -0.15) is 0 Å². The zero-order chi connectivity index (χ0) is 10.4. The number of esters is 1. The highest BCUT2D eigenvalue weighted by atomic mass is 16.6. The van der Waals surface area contributed by atoms with Gasteiger partial charge in [-0.25, -0.2) is 4.79 Å². The van der Waals surface area contributed by atoms with E-state index in [0.717, 1.165) is 0 Å². The van der Waals surface area contributed by atoms with E-state index in [-0.39, 0.29) is 18.2 Å². The highest BCUT2D eigenvalue weighted by Gasteiger charge is 2.20. The Labute approximate surface area is 80.4 Å². The second-order valence-electron chi connectivity index (χ2n) is 3.57. The molecule has 1 atom stereocenters. The molecular formula is C10H20O3. The van der Waals surface area contributed by atoms with Crippen LogP contribution in [-0.4, -0.2) is 24.3 Å². The Hall–Kier alpha value is -0.570. The van der Waals surface area contributed by atoms with E-state index in [0.29, 0.717) is 6.42 Å². The van der Waals surface area contributed by atoms with Crippen molar-refractivity contribution in [2.24, 2.45) is 0 Å². The Bertz CT molecular complexity index is 152. The van der Waals surface area contributed by atoms with Gasteiger partial charge in [0, 0.05) is 0 Å². The van der Waals surface area contributed by atoms with Crippen molar-refractivity contribution in [2.75, 3.05) is 0 Å². The van der Waals surface area contributed by atoms with Crippen LogP contribution < -0.4 is 0 Å². The number of rotatable bonds is 5. The number of ether oxygens (including phenoxy) is 2. The lowest BCUT2D eigenvalue weighted by Crippen LogP contribution is -2.30. The van der Waals surface area contributed by atoms with E-state index < -0.39 is 6.10 Å². The molecule has 0 fully saturated rings. The lowest BCUT2D eigenvalue weighted by atomic mass is 10.2. The summed E-state index contributed by atoms with van der Waals surface area (Å²) in [5.41, 5.74) is 0. The maximum Gasteiger partial charge on any atom is 0.335 e. The van der Waals surface area contributed by atoms with Crippen LogP contribution in [0.5, 0.6) is 0 Å². The van der Waals surface area contributed by atoms with Crippen LogP contribution >= 0.6 is 0 Å². The zero-order valence-corrected chi connectivity index (χ0v) is 9.16. The maximum atomic E-state index is 11.4. The van der Waals surface area contributed by atoms with Crippen LogP contribution in [0.1, 0.15) is 41.0 Å². The van der Waals surface area contributed by atoms with Crippen molar-refractivity contribution in [3.05, 3.63) is 0 Å². The van der Waals surface area contributed by atoms with Gasteiger partial charge in [0.05, 0.1) is 12.2 Å². The lowest BCUT2D eigenvalue weighted by Gasteiger charge is -2.18. The van der Waals surface area contributed by atoms with E-state index in [2.05, 4.69) is 0 Å². The molecule has 0 amide bonds. The molecule has 0 heterocycles. The van der Waals surface area contributed by atoms with E-state index in [1.807, 2.05) is 34.6 Å². The van der Waals surface area contributed by atoms with E-state index in [1.54, 1.807) is 0 Å². The summed E-state index contributed by atoms with van der Waals surface area (Å²) in [6.45, 7) is 9.39. The standard InChI is InChI=1S/C10H20O3/c1-6-9(12-7(2)3)10(11)13-8(4)5/h7-9H,6H2,1-5H3/t9-/m0/s1. The third-order valence-corrected chi connectivity index (χ3v) is 1.42. The van der Waals surface area contributed by atoms with Gasteiger partial charge < -0.3 is 9.47 Å². The summed E-state index contributed by atoms with van der Waals surface area (Å²) < 4.78 is 10.4. The molecule has 3 nitrogen and oxygen atoms in total. The molecule has 0 saturated carbocycles. The van der Waals surface area contributed by atoms with Gasteiger partial charge in [-0.15, -0.1) is 0 Å². The molecule has 0 bridgehead atoms. The molecule has 0 spiro atoms. The Kier molecular flexibility index (Phi) is 5.71. The smallest absolute Gasteiger partial charge is 0.335 e. The summed E-state index contributed by atoms with van der Waals surface area (Å²) >= 11 is 0. The number of hydrogen-bond donors (Lipinski definition) is 0. The summed E-state index contributed by atoms with van der Waals surface area (Å²) in [6, 6.07) is 0. The SMILES string of the molecule is CC[C@H](OC(C)C)C(=O)OC(C)C. The third kappa shape index (κ3) is 5.64. The Morgan fingerprint density at radius 2 is 1.69 bits per heavy atom. The van der Waals surface area contributed by atoms with Crippen LogP contribution in [0.4, 0.5) is 0 Å². The minimum atomic E-state index is -0.414. The minimum absolute atomic E-state index is 0.0599. The second kappa shape index (κ2) is 5.97. The predicted molar refractivity (Wildman–Crippen MR) is 51.5 cm³/mol. The number of carbonyl (C=O) groups excluding carboxylic acids is 1. The lowest BCUT2D eigenvalue weighted by molar-refractivity contribution is -0.164. The van der Waals surface area contributed by atoms with Crippen LogP contribution in [0.3, 0.4) is 0 Å². The fraction of sp³-hybridized carbons (Fsp3) is 0.900. The maximum absolute atomic E-state index is 11.4. The normalized spacial score (nSPS) is 13.5. The monoisotopic (exact) mass is 188 g/mol. The Balaban J connectivity index is 3.99. The topological polar surface area (TPSA) is 35.5 Å². The van der Waals surface area contributed by atoms with E-state index >= 15 is 0 Å². The average Bonchev–Trinajstić information content (AvgIpc) is 1.98. The van der Waals surface area contributed by atoms with E-state index in [1.165, 1.54) is 0 Å². The molecule has 0 radical (unpaired) electrons. The van der Waals surface area contributed by atoms with Crippen molar-refractivity contribution in [3.63, 3.8) is 0 Å². The van der Waals surface area contributed by atoms with Crippen LogP contribution in [0.2, 0.25) is 0 Å². The highest BCUT2D eigenvalue weighted by Crippen LogP contribution is 2.06. The first kappa shape index (κ1) is 12.4. The molecule has 0 rings (SSSR count). The molecule has 0 aliphatic heterocycles. The molecule has 78 valence electrons. The van der Waals surface area contributed by atoms with Crippen molar-refractivity contribution in [3.8, 4) is 0 Å². The molecule has 0 aliphatic rings. The van der Waals surface area contributed by atoms with Gasteiger partial charge in [0.1, 0.15) is 0 Å². The van der Waals surface area contributed by atoms with Gasteiger partial charge in [0.2, 0.25) is 0 Å². The van der Waals surface area contributed by atoms with Crippen molar-refractivity contribution >= 4 is 5.97 Å². The number of hydrogen-bond acceptors (Lipinski definition) is 3. The van der Waals surface area contributed by atoms with Gasteiger partial charge in [-0.3, -0.25) is 0 Å². The first-order valence-corrected chi connectivity index (χ1v) is 4.83. The van der Waals surface area contributed by atoms with Crippen molar-refractivity contribution in [1.29, 1.82) is 0 Å². The van der Waals surface area contributed by atoms with Gasteiger partial charge in [0.15, 0.2) is 6.10 Å². The first-order valence-electron chi connectivity index (χ1n) is 4.83. The summed E-state index contributed by atoms with van der Waals surface area (Å²) in [4.78, 5) is 11.4. The Morgan fingerprint density at radius 1 is 1.15 bits per heavy atom. The molecule has 0 N–H and O–H groups in total. The molecule has 3 heteroatoms. The van der Waals surface area contributed by atoms with Gasteiger partial charge in [-0.1, -0.05) is 6.92 Å². The third-order valence-electron chi connectivity index (χ3n) is 1.42. The largest absolute Gasteiger partial charge is 0.461 e. The first-order chi connectivity index (χ1) is 5.97. The zero-order valence-electron chi connectivity index (χ0n) is 9.16. The molecule has 0 saturated heterocycles. The summed E-state index contributed by atoms with van der Waals surface area (Å²) in [5.74, 6) is -0.258. The summed E-state index contributed by atoms with van der Waals surface area (Å²) in [6.07, 6.45) is 0.230. The molecule has 13 heavy (non-hydrogen) atoms. The molecule has 0 unspecified atom stereocenters. The van der Waals surface area contributed by atoms with Gasteiger partial charge >= 0.3 is 5.97 Å². The predicted octanol–water partition coefficient (Wildman–Crippen LogP) is 2.14. The van der Waals surface area contributed by atoms with Crippen molar-refractivity contribution in [2.45, 2.75) is 59.4 Å². The second-order valence-corrected chi connectivity index (χ2v) is 3.57. The van der Waals surface area contributed by atoms with Gasteiger partial charge in [0.25, 0.3) is 0 Å². The average molecular weight is 188 g/mol. The molecule has 0 aromatic rings. The fourth-order valence-electron chi connectivity index (χ4n) is 0.955. The van der Waals surface area contributed by atoms with E-state index in [9.17, 15) is 4.79 Å².